The molecule has 1 aliphatic rings. The van der Waals surface area contributed by atoms with Gasteiger partial charge in [0.25, 0.3) is 0 Å². The van der Waals surface area contributed by atoms with Gasteiger partial charge in [-0.05, 0) is 45.7 Å². The van der Waals surface area contributed by atoms with Crippen LogP contribution in [-0.4, -0.2) is 50.3 Å². The quantitative estimate of drug-likeness (QED) is 0.757. The molecule has 98 valence electrons. The minimum Gasteiger partial charge on any atom is -0.384 e. The van der Waals surface area contributed by atoms with Crippen LogP contribution in [0.4, 0.5) is 0 Å². The number of nitrogens with zero attached hydrogens (tertiary/aromatic N) is 2. The Kier molecular flexibility index (Phi) is 6.49. The zero-order valence-electron chi connectivity index (χ0n) is 11.3. The number of nitriles is 1. The summed E-state index contributed by atoms with van der Waals surface area (Å²) >= 11 is 0. The van der Waals surface area contributed by atoms with E-state index in [2.05, 4.69) is 30.1 Å². The van der Waals surface area contributed by atoms with Gasteiger partial charge in [-0.15, -0.1) is 0 Å². The first-order valence-electron chi connectivity index (χ1n) is 6.52. The van der Waals surface area contributed by atoms with Crippen LogP contribution in [0.5, 0.6) is 0 Å². The number of methoxy groups -OCH3 is 1. The molecule has 0 aromatic heterocycles. The summed E-state index contributed by atoms with van der Waals surface area (Å²) in [5.74, 6) is 0.704. The molecule has 0 saturated carbocycles. The molecule has 1 saturated heterocycles. The summed E-state index contributed by atoms with van der Waals surface area (Å²) in [6, 6.07) is 2.66. The largest absolute Gasteiger partial charge is 0.384 e. The van der Waals surface area contributed by atoms with Gasteiger partial charge < -0.3 is 9.64 Å². The molecule has 0 spiro atoms. The lowest BCUT2D eigenvalue weighted by Gasteiger charge is -2.33. The van der Waals surface area contributed by atoms with Gasteiger partial charge in [0.2, 0.25) is 0 Å². The van der Waals surface area contributed by atoms with Crippen molar-refractivity contribution in [2.45, 2.75) is 38.8 Å². The van der Waals surface area contributed by atoms with E-state index in [0.29, 0.717) is 12.0 Å². The van der Waals surface area contributed by atoms with E-state index in [4.69, 9.17) is 10.00 Å². The maximum absolute atomic E-state index is 9.08. The van der Waals surface area contributed by atoms with Gasteiger partial charge in [0.1, 0.15) is 6.04 Å². The molecule has 1 fully saturated rings. The minimum atomic E-state index is -0.0472. The van der Waals surface area contributed by atoms with Crippen molar-refractivity contribution in [3.8, 4) is 6.07 Å². The molecule has 1 N–H and O–H groups in total. The third-order valence-corrected chi connectivity index (χ3v) is 3.24. The zero-order valence-corrected chi connectivity index (χ0v) is 11.3. The van der Waals surface area contributed by atoms with Crippen LogP contribution in [0.25, 0.3) is 0 Å². The summed E-state index contributed by atoms with van der Waals surface area (Å²) in [6.45, 7) is 8.05. The summed E-state index contributed by atoms with van der Waals surface area (Å²) in [5, 5.41) is 12.4. The molecule has 1 atom stereocenters. The topological polar surface area (TPSA) is 48.3 Å². The highest BCUT2D eigenvalue weighted by Crippen LogP contribution is 2.17. The molecule has 0 aliphatic carbocycles. The minimum absolute atomic E-state index is 0.0472. The Bertz CT molecular complexity index is 242. The normalized spacial score (nSPS) is 20.4. The van der Waals surface area contributed by atoms with Crippen LogP contribution in [0.2, 0.25) is 0 Å². The fourth-order valence-corrected chi connectivity index (χ4v) is 2.36. The van der Waals surface area contributed by atoms with Gasteiger partial charge >= 0.3 is 0 Å². The first-order valence-corrected chi connectivity index (χ1v) is 6.52. The molecule has 1 rings (SSSR count). The molecular formula is C13H25N3O. The lowest BCUT2D eigenvalue weighted by molar-refractivity contribution is 0.0972. The molecule has 1 aliphatic heterocycles. The SMILES string of the molecule is COCC1CCN(CC(C#N)NC(C)C)CC1. The van der Waals surface area contributed by atoms with E-state index in [1.807, 2.05) is 0 Å². The summed E-state index contributed by atoms with van der Waals surface area (Å²) in [6.07, 6.45) is 2.38. The van der Waals surface area contributed by atoms with Crippen molar-refractivity contribution in [2.24, 2.45) is 5.92 Å². The molecule has 1 heterocycles. The number of hydrogen-bond acceptors (Lipinski definition) is 4. The second kappa shape index (κ2) is 7.65. The third-order valence-electron chi connectivity index (χ3n) is 3.24. The standard InChI is InChI=1S/C13H25N3O/c1-11(2)15-13(8-14)9-16-6-4-12(5-7-16)10-17-3/h11-13,15H,4-7,9-10H2,1-3H3. The van der Waals surface area contributed by atoms with E-state index in [1.165, 1.54) is 12.8 Å². The van der Waals surface area contributed by atoms with Gasteiger partial charge in [0, 0.05) is 26.3 Å². The zero-order chi connectivity index (χ0) is 12.7. The van der Waals surface area contributed by atoms with Crippen molar-refractivity contribution in [2.75, 3.05) is 33.4 Å². The van der Waals surface area contributed by atoms with Crippen LogP contribution in [0, 0.1) is 17.2 Å². The number of piperidine rings is 1. The van der Waals surface area contributed by atoms with Crippen molar-refractivity contribution in [1.29, 1.82) is 5.26 Å². The molecule has 17 heavy (non-hydrogen) atoms. The molecule has 1 unspecified atom stereocenters. The van der Waals surface area contributed by atoms with Gasteiger partial charge in [-0.25, -0.2) is 0 Å². The Morgan fingerprint density at radius 3 is 2.53 bits per heavy atom. The lowest BCUT2D eigenvalue weighted by Crippen LogP contribution is -2.45. The highest BCUT2D eigenvalue weighted by molar-refractivity contribution is 4.93. The Labute approximate surface area is 105 Å². The first-order chi connectivity index (χ1) is 8.15. The van der Waals surface area contributed by atoms with E-state index in [0.717, 1.165) is 26.2 Å². The number of nitrogens with one attached hydrogen (secondary N) is 1. The monoisotopic (exact) mass is 239 g/mol. The summed E-state index contributed by atoms with van der Waals surface area (Å²) < 4.78 is 5.19. The Morgan fingerprint density at radius 1 is 1.41 bits per heavy atom. The maximum Gasteiger partial charge on any atom is 0.108 e. The van der Waals surface area contributed by atoms with Gasteiger partial charge in [-0.2, -0.15) is 5.26 Å². The molecule has 0 amide bonds. The van der Waals surface area contributed by atoms with Crippen LogP contribution >= 0.6 is 0 Å². The lowest BCUT2D eigenvalue weighted by atomic mass is 9.97. The van der Waals surface area contributed by atoms with E-state index in [-0.39, 0.29) is 6.04 Å². The van der Waals surface area contributed by atoms with E-state index < -0.39 is 0 Å². The molecule has 4 heteroatoms. The van der Waals surface area contributed by atoms with Gasteiger partial charge in [0.15, 0.2) is 0 Å². The van der Waals surface area contributed by atoms with Crippen LogP contribution in [0.15, 0.2) is 0 Å². The van der Waals surface area contributed by atoms with Gasteiger partial charge in [-0.1, -0.05) is 0 Å². The number of likely N-dealkylation sites (tertiary alicyclic amines) is 1. The average molecular weight is 239 g/mol. The van der Waals surface area contributed by atoms with Gasteiger partial charge in [0.05, 0.1) is 6.07 Å². The average Bonchev–Trinajstić information content (AvgIpc) is 2.30. The second-order valence-corrected chi connectivity index (χ2v) is 5.20. The van der Waals surface area contributed by atoms with Crippen molar-refractivity contribution >= 4 is 0 Å². The summed E-state index contributed by atoms with van der Waals surface area (Å²) in [5.41, 5.74) is 0. The molecule has 0 aromatic rings. The van der Waals surface area contributed by atoms with Gasteiger partial charge in [-0.3, -0.25) is 5.32 Å². The van der Waals surface area contributed by atoms with Crippen molar-refractivity contribution in [3.63, 3.8) is 0 Å². The number of hydrogen-bond donors (Lipinski definition) is 1. The predicted molar refractivity (Wildman–Crippen MR) is 68.7 cm³/mol. The van der Waals surface area contributed by atoms with E-state index in [9.17, 15) is 0 Å². The number of rotatable bonds is 6. The van der Waals surface area contributed by atoms with Crippen LogP contribution in [0.3, 0.4) is 0 Å². The molecule has 4 nitrogen and oxygen atoms in total. The highest BCUT2D eigenvalue weighted by atomic mass is 16.5. The maximum atomic E-state index is 9.08. The fourth-order valence-electron chi connectivity index (χ4n) is 2.36. The predicted octanol–water partition coefficient (Wildman–Crippen LogP) is 1.23. The Hall–Kier alpha value is -0.630. The van der Waals surface area contributed by atoms with Crippen molar-refractivity contribution in [1.82, 2.24) is 10.2 Å². The molecule has 0 bridgehead atoms. The van der Waals surface area contributed by atoms with E-state index >= 15 is 0 Å². The van der Waals surface area contributed by atoms with Crippen LogP contribution in [-0.2, 0) is 4.74 Å². The van der Waals surface area contributed by atoms with E-state index in [1.54, 1.807) is 7.11 Å². The second-order valence-electron chi connectivity index (χ2n) is 5.20. The van der Waals surface area contributed by atoms with Crippen LogP contribution in [0.1, 0.15) is 26.7 Å². The number of ether oxygens (including phenoxy) is 1. The molecule has 0 radical (unpaired) electrons. The summed E-state index contributed by atoms with van der Waals surface area (Å²) in [7, 11) is 1.77. The fraction of sp³-hybridized carbons (Fsp3) is 0.923. The van der Waals surface area contributed by atoms with Crippen molar-refractivity contribution < 1.29 is 4.74 Å². The van der Waals surface area contributed by atoms with Crippen molar-refractivity contribution in [3.05, 3.63) is 0 Å². The third kappa shape index (κ3) is 5.49. The Balaban J connectivity index is 2.27. The Morgan fingerprint density at radius 2 is 2.06 bits per heavy atom. The molecule has 0 aromatic carbocycles. The molecular weight excluding hydrogens is 214 g/mol. The first kappa shape index (κ1) is 14.4. The summed E-state index contributed by atoms with van der Waals surface area (Å²) in [4.78, 5) is 2.38. The van der Waals surface area contributed by atoms with Crippen LogP contribution < -0.4 is 5.32 Å². The smallest absolute Gasteiger partial charge is 0.108 e. The highest BCUT2D eigenvalue weighted by Gasteiger charge is 2.21.